The van der Waals surface area contributed by atoms with E-state index >= 15 is 0 Å². The van der Waals surface area contributed by atoms with Crippen LogP contribution in [0.25, 0.3) is 0 Å². The Balaban J connectivity index is 2.35. The molecular formula is C17H23NOSi. The Labute approximate surface area is 122 Å². The first-order valence-corrected chi connectivity index (χ1v) is 10.7. The molecule has 1 heterocycles. The summed E-state index contributed by atoms with van der Waals surface area (Å²) in [5.74, 6) is 1.37. The van der Waals surface area contributed by atoms with E-state index in [0.717, 1.165) is 5.75 Å². The first kappa shape index (κ1) is 14.8. The van der Waals surface area contributed by atoms with E-state index in [1.54, 1.807) is 7.11 Å². The van der Waals surface area contributed by atoms with Crippen LogP contribution in [0.1, 0.15) is 17.0 Å². The first-order valence-electron chi connectivity index (χ1n) is 7.03. The number of rotatable bonds is 5. The van der Waals surface area contributed by atoms with E-state index < -0.39 is 8.07 Å². The molecule has 0 saturated heterocycles. The zero-order valence-electron chi connectivity index (χ0n) is 12.8. The van der Waals surface area contributed by atoms with E-state index in [1.807, 2.05) is 24.5 Å². The highest BCUT2D eigenvalue weighted by atomic mass is 28.3. The molecule has 0 saturated carbocycles. The van der Waals surface area contributed by atoms with Crippen molar-refractivity contribution >= 4 is 8.07 Å². The Morgan fingerprint density at radius 2 is 1.50 bits per heavy atom. The van der Waals surface area contributed by atoms with E-state index in [2.05, 4.69) is 48.9 Å². The number of hydrogen-bond donors (Lipinski definition) is 0. The second-order valence-electron chi connectivity index (χ2n) is 6.37. The van der Waals surface area contributed by atoms with Crippen LogP contribution in [0.3, 0.4) is 0 Å². The molecule has 3 heteroatoms. The molecule has 0 amide bonds. The summed E-state index contributed by atoms with van der Waals surface area (Å²) in [5, 5.41) is 0. The molecule has 0 N–H and O–H groups in total. The quantitative estimate of drug-likeness (QED) is 0.751. The third-order valence-electron chi connectivity index (χ3n) is 3.44. The summed E-state index contributed by atoms with van der Waals surface area (Å²) in [5.41, 5.74) is 2.71. The largest absolute Gasteiger partial charge is 0.497 e. The predicted octanol–water partition coefficient (Wildman–Crippen LogP) is 4.56. The van der Waals surface area contributed by atoms with E-state index in [9.17, 15) is 0 Å². The van der Waals surface area contributed by atoms with Gasteiger partial charge in [0.2, 0.25) is 0 Å². The molecule has 1 atom stereocenters. The second kappa shape index (κ2) is 6.22. The standard InChI is InChI=1S/C17H23NOSi/c1-19-16-7-5-14(6-8-16)17(13-20(2,3)4)15-9-11-18-12-10-15/h5-12,17H,13H2,1-4H3. The summed E-state index contributed by atoms with van der Waals surface area (Å²) in [6.45, 7) is 7.26. The Hall–Kier alpha value is -1.61. The molecule has 0 aliphatic rings. The van der Waals surface area contributed by atoms with Gasteiger partial charge in [-0.15, -0.1) is 0 Å². The molecule has 2 aromatic rings. The summed E-state index contributed by atoms with van der Waals surface area (Å²) in [4.78, 5) is 4.14. The van der Waals surface area contributed by atoms with E-state index in [4.69, 9.17) is 4.74 Å². The fourth-order valence-corrected chi connectivity index (χ4v) is 4.17. The number of pyridine rings is 1. The predicted molar refractivity (Wildman–Crippen MR) is 87.2 cm³/mol. The van der Waals surface area contributed by atoms with Crippen LogP contribution in [0.4, 0.5) is 0 Å². The van der Waals surface area contributed by atoms with E-state index in [-0.39, 0.29) is 0 Å². The van der Waals surface area contributed by atoms with Crippen molar-refractivity contribution in [2.45, 2.75) is 31.6 Å². The number of benzene rings is 1. The zero-order valence-corrected chi connectivity index (χ0v) is 13.8. The van der Waals surface area contributed by atoms with Gasteiger partial charge in [0.15, 0.2) is 0 Å². The molecule has 2 nitrogen and oxygen atoms in total. The average molecular weight is 285 g/mol. The van der Waals surface area contributed by atoms with Gasteiger partial charge in [-0.3, -0.25) is 4.98 Å². The highest BCUT2D eigenvalue weighted by Gasteiger charge is 2.23. The zero-order chi connectivity index (χ0) is 14.6. The molecule has 0 bridgehead atoms. The van der Waals surface area contributed by atoms with Crippen LogP contribution in [0.2, 0.25) is 25.7 Å². The number of ether oxygens (including phenoxy) is 1. The van der Waals surface area contributed by atoms with E-state index in [1.165, 1.54) is 17.2 Å². The maximum atomic E-state index is 5.25. The van der Waals surface area contributed by atoms with Crippen molar-refractivity contribution in [1.29, 1.82) is 0 Å². The summed E-state index contributed by atoms with van der Waals surface area (Å²) >= 11 is 0. The third-order valence-corrected chi connectivity index (χ3v) is 5.08. The van der Waals surface area contributed by atoms with Crippen LogP contribution in [-0.2, 0) is 0 Å². The van der Waals surface area contributed by atoms with Gasteiger partial charge in [-0.05, 0) is 41.4 Å². The van der Waals surface area contributed by atoms with Crippen molar-refractivity contribution in [2.24, 2.45) is 0 Å². The lowest BCUT2D eigenvalue weighted by Gasteiger charge is -2.25. The molecule has 0 aliphatic carbocycles. The molecule has 0 fully saturated rings. The lowest BCUT2D eigenvalue weighted by molar-refractivity contribution is 0.414. The van der Waals surface area contributed by atoms with Gasteiger partial charge in [0.1, 0.15) is 5.75 Å². The Morgan fingerprint density at radius 3 is 2.00 bits per heavy atom. The van der Waals surface area contributed by atoms with Gasteiger partial charge in [0.05, 0.1) is 7.11 Å². The summed E-state index contributed by atoms with van der Waals surface area (Å²) in [7, 11) is 0.546. The fraction of sp³-hybridized carbons (Fsp3) is 0.353. The van der Waals surface area contributed by atoms with Crippen LogP contribution in [0, 0.1) is 0 Å². The minimum Gasteiger partial charge on any atom is -0.497 e. The smallest absolute Gasteiger partial charge is 0.118 e. The van der Waals surface area contributed by atoms with Crippen molar-refractivity contribution in [3.63, 3.8) is 0 Å². The third kappa shape index (κ3) is 3.94. The molecule has 1 unspecified atom stereocenters. The minimum atomic E-state index is -1.16. The first-order chi connectivity index (χ1) is 9.49. The minimum absolute atomic E-state index is 0.454. The SMILES string of the molecule is COc1ccc(C(C[Si](C)(C)C)c2ccncc2)cc1. The maximum absolute atomic E-state index is 5.25. The average Bonchev–Trinajstić information content (AvgIpc) is 2.45. The normalized spacial score (nSPS) is 13.0. The highest BCUT2D eigenvalue weighted by molar-refractivity contribution is 6.76. The fourth-order valence-electron chi connectivity index (χ4n) is 2.47. The molecule has 20 heavy (non-hydrogen) atoms. The van der Waals surface area contributed by atoms with Crippen molar-refractivity contribution in [3.05, 3.63) is 59.9 Å². The molecule has 0 spiro atoms. The van der Waals surface area contributed by atoms with Gasteiger partial charge < -0.3 is 4.74 Å². The molecule has 2 rings (SSSR count). The van der Waals surface area contributed by atoms with Crippen molar-refractivity contribution in [3.8, 4) is 5.75 Å². The van der Waals surface area contributed by atoms with Crippen molar-refractivity contribution in [2.75, 3.05) is 7.11 Å². The van der Waals surface area contributed by atoms with Gasteiger partial charge in [0.25, 0.3) is 0 Å². The topological polar surface area (TPSA) is 22.1 Å². The van der Waals surface area contributed by atoms with Crippen LogP contribution in [-0.4, -0.2) is 20.2 Å². The van der Waals surface area contributed by atoms with Gasteiger partial charge in [0, 0.05) is 26.4 Å². The lowest BCUT2D eigenvalue weighted by atomic mass is 9.94. The molecule has 1 aromatic heterocycles. The Morgan fingerprint density at radius 1 is 0.950 bits per heavy atom. The molecule has 106 valence electrons. The summed E-state index contributed by atoms with van der Waals surface area (Å²) < 4.78 is 5.25. The monoisotopic (exact) mass is 285 g/mol. The number of methoxy groups -OCH3 is 1. The Kier molecular flexibility index (Phi) is 4.60. The molecule has 0 radical (unpaired) electrons. The van der Waals surface area contributed by atoms with Crippen LogP contribution >= 0.6 is 0 Å². The molecular weight excluding hydrogens is 262 g/mol. The van der Waals surface area contributed by atoms with Crippen LogP contribution in [0.5, 0.6) is 5.75 Å². The van der Waals surface area contributed by atoms with Crippen molar-refractivity contribution < 1.29 is 4.74 Å². The number of aromatic nitrogens is 1. The van der Waals surface area contributed by atoms with Gasteiger partial charge in [-0.1, -0.05) is 31.8 Å². The highest BCUT2D eigenvalue weighted by Crippen LogP contribution is 2.33. The molecule has 0 aliphatic heterocycles. The van der Waals surface area contributed by atoms with Crippen LogP contribution < -0.4 is 4.74 Å². The van der Waals surface area contributed by atoms with Crippen LogP contribution in [0.15, 0.2) is 48.8 Å². The van der Waals surface area contributed by atoms with Crippen molar-refractivity contribution in [1.82, 2.24) is 4.98 Å². The maximum Gasteiger partial charge on any atom is 0.118 e. The Bertz CT molecular complexity index is 531. The lowest BCUT2D eigenvalue weighted by Crippen LogP contribution is -2.23. The van der Waals surface area contributed by atoms with Gasteiger partial charge >= 0.3 is 0 Å². The number of nitrogens with zero attached hydrogens (tertiary/aromatic N) is 1. The second-order valence-corrected chi connectivity index (χ2v) is 11.9. The van der Waals surface area contributed by atoms with E-state index in [0.29, 0.717) is 5.92 Å². The number of hydrogen-bond acceptors (Lipinski definition) is 2. The molecule has 1 aromatic carbocycles. The summed E-state index contributed by atoms with van der Waals surface area (Å²) in [6.07, 6.45) is 3.77. The van der Waals surface area contributed by atoms with Gasteiger partial charge in [-0.2, -0.15) is 0 Å². The summed E-state index contributed by atoms with van der Waals surface area (Å²) in [6, 6.07) is 14.0. The van der Waals surface area contributed by atoms with Gasteiger partial charge in [-0.25, -0.2) is 0 Å².